The lowest BCUT2D eigenvalue weighted by molar-refractivity contribution is 1.18. The van der Waals surface area contributed by atoms with Crippen LogP contribution in [-0.4, -0.2) is 9.38 Å². The van der Waals surface area contributed by atoms with Crippen molar-refractivity contribution in [2.75, 3.05) is 16.0 Å². The first kappa shape index (κ1) is 17.6. The Kier molecular flexibility index (Phi) is 4.18. The molecule has 2 aromatic heterocycles. The Hall–Kier alpha value is -3.44. The standard InChI is InChI=1S/C23H20ClN5/c1-14-6-8-18(15(2)12-14)27-23-22(28-20-9-7-16(24)13-29(20)23)17-4-3-5-19-21(17)26-11-10-25-19/h3-13,25-27H,1-2H3. The lowest BCUT2D eigenvalue weighted by atomic mass is 10.1. The summed E-state index contributed by atoms with van der Waals surface area (Å²) in [6.07, 6.45) is 5.65. The minimum atomic E-state index is 0.656. The molecule has 2 aromatic carbocycles. The van der Waals surface area contributed by atoms with Crippen LogP contribution >= 0.6 is 11.6 Å². The minimum absolute atomic E-state index is 0.656. The van der Waals surface area contributed by atoms with Crippen LogP contribution < -0.4 is 16.0 Å². The second kappa shape index (κ2) is 6.87. The van der Waals surface area contributed by atoms with Crippen molar-refractivity contribution in [2.45, 2.75) is 13.8 Å². The molecule has 0 radical (unpaired) electrons. The second-order valence-electron chi connectivity index (χ2n) is 7.18. The molecule has 1 aliphatic heterocycles. The molecule has 5 rings (SSSR count). The molecule has 0 saturated heterocycles. The van der Waals surface area contributed by atoms with E-state index in [4.69, 9.17) is 16.6 Å². The van der Waals surface area contributed by atoms with Crippen molar-refractivity contribution in [2.24, 2.45) is 0 Å². The van der Waals surface area contributed by atoms with E-state index in [2.05, 4.69) is 54.1 Å². The molecule has 0 aliphatic carbocycles. The molecule has 0 fully saturated rings. The molecule has 5 nitrogen and oxygen atoms in total. The maximum absolute atomic E-state index is 6.31. The molecule has 0 saturated carbocycles. The number of nitrogens with zero attached hydrogens (tertiary/aromatic N) is 2. The SMILES string of the molecule is Cc1ccc(Nc2c(-c3cccc4c3NC=CN4)nc3ccc(Cl)cn23)c(C)c1. The number of hydrogen-bond donors (Lipinski definition) is 3. The number of aromatic nitrogens is 2. The lowest BCUT2D eigenvalue weighted by Crippen LogP contribution is -2.05. The summed E-state index contributed by atoms with van der Waals surface area (Å²) in [6.45, 7) is 4.20. The summed E-state index contributed by atoms with van der Waals surface area (Å²) in [5, 5.41) is 10.9. The first-order chi connectivity index (χ1) is 14.1. The average Bonchev–Trinajstić information content (AvgIpc) is 3.07. The third-order valence-corrected chi connectivity index (χ3v) is 5.31. The van der Waals surface area contributed by atoms with Crippen molar-refractivity contribution < 1.29 is 0 Å². The molecule has 0 atom stereocenters. The average molecular weight is 402 g/mol. The van der Waals surface area contributed by atoms with Crippen LogP contribution in [0.1, 0.15) is 11.1 Å². The Bertz CT molecular complexity index is 1270. The Labute approximate surface area is 174 Å². The largest absolute Gasteiger partial charge is 0.359 e. The smallest absolute Gasteiger partial charge is 0.143 e. The first-order valence-corrected chi connectivity index (χ1v) is 9.81. The molecule has 3 heterocycles. The third kappa shape index (κ3) is 3.09. The van der Waals surface area contributed by atoms with Gasteiger partial charge in [0.15, 0.2) is 0 Å². The number of nitrogens with one attached hydrogen (secondary N) is 3. The van der Waals surface area contributed by atoms with Crippen molar-refractivity contribution in [3.05, 3.63) is 83.3 Å². The van der Waals surface area contributed by atoms with E-state index in [1.54, 1.807) is 0 Å². The third-order valence-electron chi connectivity index (χ3n) is 5.09. The maximum atomic E-state index is 6.31. The molecule has 0 spiro atoms. The summed E-state index contributed by atoms with van der Waals surface area (Å²) >= 11 is 6.31. The first-order valence-electron chi connectivity index (χ1n) is 9.43. The van der Waals surface area contributed by atoms with Gasteiger partial charge in [0.1, 0.15) is 17.2 Å². The van der Waals surface area contributed by atoms with E-state index in [1.165, 1.54) is 11.1 Å². The fourth-order valence-electron chi connectivity index (χ4n) is 3.69. The van der Waals surface area contributed by atoms with Gasteiger partial charge in [-0.15, -0.1) is 0 Å². The van der Waals surface area contributed by atoms with Crippen molar-refractivity contribution in [3.8, 4) is 11.3 Å². The number of aryl methyl sites for hydroxylation is 2. The molecule has 4 aromatic rings. The minimum Gasteiger partial charge on any atom is -0.359 e. The van der Waals surface area contributed by atoms with Gasteiger partial charge in [-0.25, -0.2) is 4.98 Å². The van der Waals surface area contributed by atoms with Gasteiger partial charge in [-0.3, -0.25) is 4.40 Å². The number of rotatable bonds is 3. The van der Waals surface area contributed by atoms with Crippen LogP contribution in [0.4, 0.5) is 22.9 Å². The highest BCUT2D eigenvalue weighted by Gasteiger charge is 2.20. The van der Waals surface area contributed by atoms with E-state index in [-0.39, 0.29) is 0 Å². The monoisotopic (exact) mass is 401 g/mol. The summed E-state index contributed by atoms with van der Waals surface area (Å²) in [4.78, 5) is 4.93. The number of anilines is 4. The van der Waals surface area contributed by atoms with Crippen LogP contribution in [0.3, 0.4) is 0 Å². The van der Waals surface area contributed by atoms with Crippen molar-refractivity contribution in [3.63, 3.8) is 0 Å². The highest BCUT2D eigenvalue weighted by molar-refractivity contribution is 6.30. The molecule has 0 amide bonds. The number of fused-ring (bicyclic) bond motifs is 2. The van der Waals surface area contributed by atoms with E-state index in [9.17, 15) is 0 Å². The number of para-hydroxylation sites is 1. The number of benzene rings is 2. The van der Waals surface area contributed by atoms with Gasteiger partial charge < -0.3 is 16.0 Å². The van der Waals surface area contributed by atoms with Crippen LogP contribution in [-0.2, 0) is 0 Å². The number of imidazole rings is 1. The molecule has 6 heteroatoms. The second-order valence-corrected chi connectivity index (χ2v) is 7.61. The van der Waals surface area contributed by atoms with E-state index in [1.807, 2.05) is 47.3 Å². The van der Waals surface area contributed by atoms with Gasteiger partial charge in [-0.1, -0.05) is 41.4 Å². The van der Waals surface area contributed by atoms with Gasteiger partial charge in [-0.2, -0.15) is 0 Å². The van der Waals surface area contributed by atoms with Gasteiger partial charge in [-0.05, 0) is 43.7 Å². The molecule has 3 N–H and O–H groups in total. The number of pyridine rings is 1. The lowest BCUT2D eigenvalue weighted by Gasteiger charge is -2.18. The van der Waals surface area contributed by atoms with Gasteiger partial charge in [0.2, 0.25) is 0 Å². The highest BCUT2D eigenvalue weighted by Crippen LogP contribution is 2.40. The van der Waals surface area contributed by atoms with E-state index in [0.29, 0.717) is 5.02 Å². The molecular weight excluding hydrogens is 382 g/mol. The zero-order chi connectivity index (χ0) is 20.0. The van der Waals surface area contributed by atoms with Crippen LogP contribution in [0, 0.1) is 13.8 Å². The van der Waals surface area contributed by atoms with Crippen molar-refractivity contribution >= 4 is 40.1 Å². The number of halogens is 1. The van der Waals surface area contributed by atoms with Crippen LogP contribution in [0.2, 0.25) is 5.02 Å². The molecule has 144 valence electrons. The number of hydrogen-bond acceptors (Lipinski definition) is 4. The van der Waals surface area contributed by atoms with Crippen molar-refractivity contribution in [1.29, 1.82) is 0 Å². The van der Waals surface area contributed by atoms with Gasteiger partial charge in [0.05, 0.1) is 16.4 Å². The highest BCUT2D eigenvalue weighted by atomic mass is 35.5. The van der Waals surface area contributed by atoms with Crippen LogP contribution in [0.5, 0.6) is 0 Å². The Morgan fingerprint density at radius 3 is 2.72 bits per heavy atom. The Morgan fingerprint density at radius 2 is 1.86 bits per heavy atom. The summed E-state index contributed by atoms with van der Waals surface area (Å²) in [7, 11) is 0. The van der Waals surface area contributed by atoms with Crippen LogP contribution in [0.25, 0.3) is 16.9 Å². The zero-order valence-electron chi connectivity index (χ0n) is 16.1. The zero-order valence-corrected chi connectivity index (χ0v) is 16.9. The molecule has 1 aliphatic rings. The summed E-state index contributed by atoms with van der Waals surface area (Å²) < 4.78 is 2.00. The molecule has 0 bridgehead atoms. The van der Waals surface area contributed by atoms with E-state index < -0.39 is 0 Å². The van der Waals surface area contributed by atoms with Crippen LogP contribution in [0.15, 0.2) is 67.1 Å². The maximum Gasteiger partial charge on any atom is 0.143 e. The fraction of sp³-hybridized carbons (Fsp3) is 0.0870. The van der Waals surface area contributed by atoms with E-state index >= 15 is 0 Å². The topological polar surface area (TPSA) is 53.4 Å². The van der Waals surface area contributed by atoms with Gasteiger partial charge in [0, 0.05) is 29.8 Å². The Morgan fingerprint density at radius 1 is 1.00 bits per heavy atom. The summed E-state index contributed by atoms with van der Waals surface area (Å²) in [5.41, 5.74) is 8.13. The molecule has 29 heavy (non-hydrogen) atoms. The van der Waals surface area contributed by atoms with Crippen molar-refractivity contribution in [1.82, 2.24) is 9.38 Å². The predicted octanol–water partition coefficient (Wildman–Crippen LogP) is 6.32. The van der Waals surface area contributed by atoms with E-state index in [0.717, 1.165) is 39.8 Å². The molecule has 0 unspecified atom stereocenters. The quantitative estimate of drug-likeness (QED) is 0.375. The van der Waals surface area contributed by atoms with Gasteiger partial charge >= 0.3 is 0 Å². The summed E-state index contributed by atoms with van der Waals surface area (Å²) in [5.74, 6) is 0.874. The van der Waals surface area contributed by atoms with Gasteiger partial charge in [0.25, 0.3) is 0 Å². The Balaban J connectivity index is 1.73. The summed E-state index contributed by atoms with van der Waals surface area (Å²) in [6, 6.07) is 16.3. The predicted molar refractivity (Wildman–Crippen MR) is 121 cm³/mol. The normalized spacial score (nSPS) is 12.4. The fourth-order valence-corrected chi connectivity index (χ4v) is 3.85. The molecular formula is C23H20ClN5.